The number of hydrazone groups is 1. The van der Waals surface area contributed by atoms with E-state index >= 15 is 0 Å². The topological polar surface area (TPSA) is 53.5 Å². The fourth-order valence-corrected chi connectivity index (χ4v) is 1.17. The van der Waals surface area contributed by atoms with Crippen molar-refractivity contribution in [2.75, 3.05) is 6.54 Å². The van der Waals surface area contributed by atoms with Crippen molar-refractivity contribution in [3.05, 3.63) is 48.6 Å². The Kier molecular flexibility index (Phi) is 5.60. The second-order valence-electron chi connectivity index (χ2n) is 3.10. The van der Waals surface area contributed by atoms with Crippen molar-refractivity contribution in [2.24, 2.45) is 5.10 Å². The van der Waals surface area contributed by atoms with Crippen LogP contribution in [-0.2, 0) is 0 Å². The fraction of sp³-hybridized carbons (Fsp3) is 0.0833. The molecule has 0 fully saturated rings. The SMILES string of the molecule is C=CCNC(=S)N/N=C/C(=O)c1ccccc1. The van der Waals surface area contributed by atoms with Gasteiger partial charge in [-0.15, -0.1) is 6.58 Å². The molecule has 0 aliphatic carbocycles. The molecule has 0 aliphatic heterocycles. The minimum absolute atomic E-state index is 0.176. The van der Waals surface area contributed by atoms with Gasteiger partial charge in [-0.3, -0.25) is 10.2 Å². The largest absolute Gasteiger partial charge is 0.358 e. The average Bonchev–Trinajstić information content (AvgIpc) is 2.37. The van der Waals surface area contributed by atoms with Crippen LogP contribution in [0.4, 0.5) is 0 Å². The second kappa shape index (κ2) is 7.29. The number of hydrogen-bond acceptors (Lipinski definition) is 3. The van der Waals surface area contributed by atoms with Gasteiger partial charge in [0, 0.05) is 12.1 Å². The molecule has 0 bridgehead atoms. The maximum Gasteiger partial charge on any atom is 0.205 e. The van der Waals surface area contributed by atoms with E-state index in [0.29, 0.717) is 17.2 Å². The molecule has 17 heavy (non-hydrogen) atoms. The number of nitrogens with one attached hydrogen (secondary N) is 2. The van der Waals surface area contributed by atoms with Crippen LogP contribution in [0.2, 0.25) is 0 Å². The summed E-state index contributed by atoms with van der Waals surface area (Å²) < 4.78 is 0. The van der Waals surface area contributed by atoms with E-state index in [1.54, 1.807) is 30.3 Å². The molecule has 1 aromatic carbocycles. The summed E-state index contributed by atoms with van der Waals surface area (Å²) in [5.74, 6) is -0.176. The van der Waals surface area contributed by atoms with Gasteiger partial charge in [-0.1, -0.05) is 36.4 Å². The van der Waals surface area contributed by atoms with Crippen molar-refractivity contribution in [2.45, 2.75) is 0 Å². The van der Waals surface area contributed by atoms with E-state index < -0.39 is 0 Å². The summed E-state index contributed by atoms with van der Waals surface area (Å²) >= 11 is 4.89. The van der Waals surface area contributed by atoms with Crippen LogP contribution in [-0.4, -0.2) is 23.7 Å². The summed E-state index contributed by atoms with van der Waals surface area (Å²) in [6, 6.07) is 8.89. The van der Waals surface area contributed by atoms with E-state index in [-0.39, 0.29) is 5.78 Å². The van der Waals surface area contributed by atoms with Crippen molar-refractivity contribution in [1.29, 1.82) is 0 Å². The highest BCUT2D eigenvalue weighted by Crippen LogP contribution is 1.97. The normalized spacial score (nSPS) is 9.88. The van der Waals surface area contributed by atoms with Gasteiger partial charge in [-0.05, 0) is 12.2 Å². The lowest BCUT2D eigenvalue weighted by Gasteiger charge is -2.02. The first-order valence-corrected chi connectivity index (χ1v) is 5.42. The zero-order chi connectivity index (χ0) is 12.5. The van der Waals surface area contributed by atoms with Gasteiger partial charge >= 0.3 is 0 Å². The summed E-state index contributed by atoms with van der Waals surface area (Å²) in [7, 11) is 0. The van der Waals surface area contributed by atoms with Crippen LogP contribution >= 0.6 is 12.2 Å². The lowest BCUT2D eigenvalue weighted by molar-refractivity contribution is 0.107. The Labute approximate surface area is 105 Å². The predicted octanol–water partition coefficient (Wildman–Crippen LogP) is 1.51. The highest BCUT2D eigenvalue weighted by Gasteiger charge is 2.00. The number of ketones is 1. The molecular weight excluding hydrogens is 234 g/mol. The summed E-state index contributed by atoms with van der Waals surface area (Å²) in [4.78, 5) is 11.6. The number of carbonyl (C=O) groups is 1. The molecule has 5 heteroatoms. The van der Waals surface area contributed by atoms with Crippen molar-refractivity contribution >= 4 is 29.3 Å². The number of hydrogen-bond donors (Lipinski definition) is 2. The van der Waals surface area contributed by atoms with E-state index in [0.717, 1.165) is 0 Å². The smallest absolute Gasteiger partial charge is 0.205 e. The van der Waals surface area contributed by atoms with Gasteiger partial charge in [-0.2, -0.15) is 5.10 Å². The minimum atomic E-state index is -0.176. The van der Waals surface area contributed by atoms with E-state index in [1.807, 2.05) is 6.07 Å². The molecule has 0 spiro atoms. The highest BCUT2D eigenvalue weighted by molar-refractivity contribution is 7.80. The zero-order valence-corrected chi connectivity index (χ0v) is 10.0. The van der Waals surface area contributed by atoms with Crippen LogP contribution in [0.15, 0.2) is 48.1 Å². The van der Waals surface area contributed by atoms with Gasteiger partial charge in [0.25, 0.3) is 0 Å². The third-order valence-corrected chi connectivity index (χ3v) is 2.05. The quantitative estimate of drug-likeness (QED) is 0.272. The summed E-state index contributed by atoms with van der Waals surface area (Å²) in [6.07, 6.45) is 2.87. The van der Waals surface area contributed by atoms with Gasteiger partial charge < -0.3 is 5.32 Å². The van der Waals surface area contributed by atoms with E-state index in [4.69, 9.17) is 12.2 Å². The number of nitrogens with zero attached hydrogens (tertiary/aromatic N) is 1. The van der Waals surface area contributed by atoms with Gasteiger partial charge in [0.2, 0.25) is 5.78 Å². The fourth-order valence-electron chi connectivity index (χ4n) is 1.03. The van der Waals surface area contributed by atoms with Crippen LogP contribution in [0, 0.1) is 0 Å². The number of carbonyl (C=O) groups excluding carboxylic acids is 1. The summed E-state index contributed by atoms with van der Waals surface area (Å²) in [5.41, 5.74) is 3.13. The molecule has 88 valence electrons. The van der Waals surface area contributed by atoms with E-state index in [1.165, 1.54) is 6.21 Å². The van der Waals surface area contributed by atoms with Gasteiger partial charge in [-0.25, -0.2) is 0 Å². The molecule has 0 unspecified atom stereocenters. The third kappa shape index (κ3) is 5.03. The lowest BCUT2D eigenvalue weighted by atomic mass is 10.1. The van der Waals surface area contributed by atoms with E-state index in [9.17, 15) is 4.79 Å². The van der Waals surface area contributed by atoms with Gasteiger partial charge in [0.15, 0.2) is 5.11 Å². The second-order valence-corrected chi connectivity index (χ2v) is 3.51. The van der Waals surface area contributed by atoms with Crippen LogP contribution < -0.4 is 10.7 Å². The number of rotatable bonds is 5. The summed E-state index contributed by atoms with van der Waals surface area (Å²) in [6.45, 7) is 4.09. The Balaban J connectivity index is 2.41. The highest BCUT2D eigenvalue weighted by atomic mass is 32.1. The van der Waals surface area contributed by atoms with Crippen LogP contribution in [0.25, 0.3) is 0 Å². The standard InChI is InChI=1S/C12H13N3OS/c1-2-8-13-12(17)15-14-9-11(16)10-6-4-3-5-7-10/h2-7,9H,1,8H2,(H2,13,15,17)/b14-9+. The molecule has 0 saturated heterocycles. The predicted molar refractivity (Wildman–Crippen MR) is 73.2 cm³/mol. The number of Topliss-reactive ketones (excluding diaryl/α,β-unsaturated/α-hetero) is 1. The zero-order valence-electron chi connectivity index (χ0n) is 9.22. The molecule has 0 aliphatic rings. The number of thiocarbonyl (C=S) groups is 1. The molecule has 0 amide bonds. The summed E-state index contributed by atoms with van der Waals surface area (Å²) in [5, 5.41) is 6.91. The Morgan fingerprint density at radius 1 is 1.41 bits per heavy atom. The van der Waals surface area contributed by atoms with Crippen molar-refractivity contribution in [1.82, 2.24) is 10.7 Å². The molecule has 0 heterocycles. The monoisotopic (exact) mass is 247 g/mol. The Hall–Kier alpha value is -2.01. The molecule has 2 N–H and O–H groups in total. The average molecular weight is 247 g/mol. The first-order valence-electron chi connectivity index (χ1n) is 5.01. The lowest BCUT2D eigenvalue weighted by Crippen LogP contribution is -2.32. The minimum Gasteiger partial charge on any atom is -0.358 e. The van der Waals surface area contributed by atoms with Crippen molar-refractivity contribution < 1.29 is 4.79 Å². The molecule has 0 aromatic heterocycles. The molecular formula is C12H13N3OS. The number of benzene rings is 1. The molecule has 1 rings (SSSR count). The molecule has 0 radical (unpaired) electrons. The van der Waals surface area contributed by atoms with Crippen LogP contribution in [0.3, 0.4) is 0 Å². The third-order valence-electron chi connectivity index (χ3n) is 1.81. The Morgan fingerprint density at radius 2 is 2.12 bits per heavy atom. The van der Waals surface area contributed by atoms with E-state index in [2.05, 4.69) is 22.4 Å². The molecule has 0 saturated carbocycles. The Morgan fingerprint density at radius 3 is 2.76 bits per heavy atom. The Bertz CT molecular complexity index is 429. The molecule has 4 nitrogen and oxygen atoms in total. The van der Waals surface area contributed by atoms with Gasteiger partial charge in [0.1, 0.15) is 0 Å². The maximum atomic E-state index is 11.6. The first kappa shape index (κ1) is 13.1. The van der Waals surface area contributed by atoms with Crippen LogP contribution in [0.5, 0.6) is 0 Å². The van der Waals surface area contributed by atoms with Crippen molar-refractivity contribution in [3.8, 4) is 0 Å². The van der Waals surface area contributed by atoms with Crippen molar-refractivity contribution in [3.63, 3.8) is 0 Å². The van der Waals surface area contributed by atoms with Crippen LogP contribution in [0.1, 0.15) is 10.4 Å². The maximum absolute atomic E-state index is 11.6. The molecule has 0 atom stereocenters. The first-order chi connectivity index (χ1) is 8.24. The molecule has 1 aromatic rings. The van der Waals surface area contributed by atoms with Gasteiger partial charge in [0.05, 0.1) is 6.21 Å².